The Labute approximate surface area is 443 Å². The quantitative estimate of drug-likeness (QED) is 0.0237. The van der Waals surface area contributed by atoms with E-state index in [-0.39, 0.29) is 26.1 Å². The first-order valence-electron chi connectivity index (χ1n) is 28.4. The Morgan fingerprint density at radius 2 is 0.873 bits per heavy atom. The van der Waals surface area contributed by atoms with Gasteiger partial charge in [0.15, 0.2) is 0 Å². The van der Waals surface area contributed by atoms with Crippen molar-refractivity contribution in [3.05, 3.63) is 93.8 Å². The van der Waals surface area contributed by atoms with E-state index in [0.29, 0.717) is 53.3 Å². The van der Waals surface area contributed by atoms with Crippen LogP contribution in [0.2, 0.25) is 0 Å². The predicted molar refractivity (Wildman–Crippen MR) is 307 cm³/mol. The minimum Gasteiger partial charge on any atom is -0.235 e. The molecule has 71 heavy (non-hydrogen) atoms. The third-order valence-corrected chi connectivity index (χ3v) is 20.3. The normalized spacial score (nSPS) is 15.4. The van der Waals surface area contributed by atoms with Crippen LogP contribution in [0.5, 0.6) is 0 Å². The molecule has 0 saturated carbocycles. The average Bonchev–Trinajstić information content (AvgIpc) is 4.23. The number of rotatable bonds is 33. The molecule has 0 saturated heterocycles. The number of anilines is 2. The van der Waals surface area contributed by atoms with Crippen LogP contribution in [0.3, 0.4) is 0 Å². The summed E-state index contributed by atoms with van der Waals surface area (Å²) in [6, 6.07) is 21.5. The molecular weight excluding hydrogens is 976 g/mol. The molecule has 2 atom stereocenters. The number of Topliss-reactive ketones (excluding diaryl/α,β-unsaturated/α-hetero) is 2. The summed E-state index contributed by atoms with van der Waals surface area (Å²) in [6.45, 7) is 14.7. The van der Waals surface area contributed by atoms with Crippen molar-refractivity contribution >= 4 is 60.4 Å². The van der Waals surface area contributed by atoms with Crippen LogP contribution in [-0.2, 0) is 0 Å². The van der Waals surface area contributed by atoms with Gasteiger partial charge in [-0.05, 0) is 31.4 Å². The summed E-state index contributed by atoms with van der Waals surface area (Å²) in [6.07, 6.45) is 32.4. The molecule has 0 aliphatic carbocycles. The molecule has 7 heterocycles. The Morgan fingerprint density at radius 3 is 1.37 bits per heavy atom. The number of aromatic nitrogens is 2. The Morgan fingerprint density at radius 1 is 0.451 bits per heavy atom. The number of hydrogen-bond donors (Lipinski definition) is 0. The topological polar surface area (TPSA) is 66.4 Å². The van der Waals surface area contributed by atoms with E-state index in [9.17, 15) is 0 Å². The zero-order chi connectivity index (χ0) is 50.0. The SMILES string of the molecule is CCCCCCCCC(CCCCCC)CCN1/C(=C2\C(=O)c3ccc(-c4ccc(-c5ccc(-c6ccc(C)s6)[se]5)s4)nc3N2CCC(CCCCCC)CCCCCCCC)C(=O)c2ccc(C)nc21. The first-order valence-corrected chi connectivity index (χ1v) is 31.7. The van der Waals surface area contributed by atoms with Crippen molar-refractivity contribution in [1.29, 1.82) is 0 Å². The smallest absolute Gasteiger partial charge is 0.235 e. The van der Waals surface area contributed by atoms with E-state index in [2.05, 4.69) is 80.8 Å². The van der Waals surface area contributed by atoms with Gasteiger partial charge in [0.05, 0.1) is 0 Å². The second-order valence-corrected chi connectivity index (χ2v) is 25.6. The van der Waals surface area contributed by atoms with Gasteiger partial charge in [-0.25, -0.2) is 4.98 Å². The summed E-state index contributed by atoms with van der Waals surface area (Å²) < 4.78 is 2.84. The van der Waals surface area contributed by atoms with Crippen molar-refractivity contribution in [3.63, 3.8) is 0 Å². The minimum absolute atomic E-state index is 0.0761. The number of carbonyl (C=O) groups is 2. The van der Waals surface area contributed by atoms with Crippen LogP contribution in [0, 0.1) is 25.7 Å². The second-order valence-electron chi connectivity index (χ2n) is 20.9. The van der Waals surface area contributed by atoms with Crippen molar-refractivity contribution in [2.24, 2.45) is 11.8 Å². The molecule has 6 nitrogen and oxygen atoms in total. The predicted octanol–water partition coefficient (Wildman–Crippen LogP) is 18.6. The Bertz CT molecular complexity index is 2480. The third kappa shape index (κ3) is 15.0. The van der Waals surface area contributed by atoms with Gasteiger partial charge in [0.25, 0.3) is 0 Å². The van der Waals surface area contributed by atoms with Gasteiger partial charge in [-0.1, -0.05) is 169 Å². The summed E-state index contributed by atoms with van der Waals surface area (Å²) >= 11 is 3.92. The van der Waals surface area contributed by atoms with Gasteiger partial charge in [-0.2, -0.15) is 0 Å². The number of hydrogen-bond acceptors (Lipinski definition) is 8. The number of fused-ring (bicyclic) bond motifs is 2. The van der Waals surface area contributed by atoms with Crippen LogP contribution >= 0.6 is 22.7 Å². The van der Waals surface area contributed by atoms with Crippen LogP contribution in [0.15, 0.2) is 72.1 Å². The van der Waals surface area contributed by atoms with E-state index in [0.717, 1.165) is 34.9 Å². The van der Waals surface area contributed by atoms with Crippen LogP contribution in [0.25, 0.3) is 29.2 Å². The molecule has 5 aromatic rings. The molecule has 7 rings (SSSR count). The average molecular weight is 1060 g/mol. The molecule has 0 amide bonds. The van der Waals surface area contributed by atoms with Gasteiger partial charge in [-0.3, -0.25) is 0 Å². The fourth-order valence-corrected chi connectivity index (χ4v) is 15.3. The van der Waals surface area contributed by atoms with Crippen LogP contribution < -0.4 is 9.80 Å². The number of aryl methyl sites for hydroxylation is 2. The fraction of sp³-hybridized carbons (Fsp3) is 0.581. The van der Waals surface area contributed by atoms with Crippen molar-refractivity contribution in [1.82, 2.24) is 9.97 Å². The van der Waals surface area contributed by atoms with Gasteiger partial charge in [-0.15, -0.1) is 0 Å². The molecule has 5 aromatic heterocycles. The zero-order valence-electron chi connectivity index (χ0n) is 44.6. The van der Waals surface area contributed by atoms with Crippen molar-refractivity contribution in [2.75, 3.05) is 22.9 Å². The number of unbranched alkanes of at least 4 members (excludes halogenated alkanes) is 16. The van der Waals surface area contributed by atoms with Gasteiger partial charge < -0.3 is 0 Å². The summed E-state index contributed by atoms with van der Waals surface area (Å²) in [7, 11) is 0. The molecule has 2 aliphatic heterocycles. The van der Waals surface area contributed by atoms with Gasteiger partial charge in [0.2, 0.25) is 0 Å². The van der Waals surface area contributed by atoms with E-state index in [4.69, 9.17) is 9.97 Å². The number of allylic oxidation sites excluding steroid dienone is 2. The molecule has 0 N–H and O–H groups in total. The molecule has 0 spiro atoms. The molecule has 0 bridgehead atoms. The Kier molecular flexibility index (Phi) is 22.3. The number of ketones is 2. The Balaban J connectivity index is 1.23. The van der Waals surface area contributed by atoms with Gasteiger partial charge in [0.1, 0.15) is 0 Å². The maximum atomic E-state index is 15.3. The maximum absolute atomic E-state index is 15.3. The van der Waals surface area contributed by atoms with E-state index in [1.807, 2.05) is 42.5 Å². The van der Waals surface area contributed by atoms with Crippen LogP contribution in [0.4, 0.5) is 11.6 Å². The number of nitrogens with zero attached hydrogens (tertiary/aromatic N) is 4. The monoisotopic (exact) mass is 1060 g/mol. The first kappa shape index (κ1) is 55.1. The van der Waals surface area contributed by atoms with E-state index < -0.39 is 0 Å². The van der Waals surface area contributed by atoms with Crippen LogP contribution in [0.1, 0.15) is 226 Å². The molecule has 9 heteroatoms. The standard InChI is InChI=1S/C62H86N4O2S2Se/c1-7-11-15-19-21-25-29-47(27-23-17-13-9-3)41-43-65-57(59(67)49-33-31-45(5)63-61(49)65)58-60(68)50-34-35-51(52-37-38-54(70-52)56-40-39-55(71-56)53-36-32-46(6)69-53)64-62(50)66(58)44-42-48(28-24-18-14-10-4)30-26-22-20-16-12-8-2/h31-40,47-48H,7-30,41-44H2,1-6H3/b58-57+. The minimum atomic E-state index is -0.0800. The zero-order valence-corrected chi connectivity index (χ0v) is 47.9. The van der Waals surface area contributed by atoms with Crippen molar-refractivity contribution < 1.29 is 9.59 Å². The van der Waals surface area contributed by atoms with Crippen LogP contribution in [-0.4, -0.2) is 49.1 Å². The van der Waals surface area contributed by atoms with Crippen molar-refractivity contribution in [2.45, 2.75) is 208 Å². The summed E-state index contributed by atoms with van der Waals surface area (Å²) in [5.74, 6) is 2.39. The molecule has 0 aromatic carbocycles. The van der Waals surface area contributed by atoms with Crippen molar-refractivity contribution in [3.8, 4) is 29.2 Å². The molecular formula is C62H86N4O2S2Se. The number of pyridine rings is 2. The van der Waals surface area contributed by atoms with Gasteiger partial charge >= 0.3 is 235 Å². The third-order valence-electron chi connectivity index (χ3n) is 15.2. The molecule has 2 aliphatic rings. The first-order chi connectivity index (χ1) is 34.7. The summed E-state index contributed by atoms with van der Waals surface area (Å²) in [5.41, 5.74) is 4.02. The van der Waals surface area contributed by atoms with E-state index >= 15 is 9.59 Å². The molecule has 0 fully saturated rings. The molecule has 2 unspecified atom stereocenters. The summed E-state index contributed by atoms with van der Waals surface area (Å²) in [5, 5.41) is 0. The molecule has 0 radical (unpaired) electrons. The van der Waals surface area contributed by atoms with E-state index in [1.54, 1.807) is 11.3 Å². The second kappa shape index (κ2) is 28.7. The van der Waals surface area contributed by atoms with Gasteiger partial charge in [0, 0.05) is 5.69 Å². The Hall–Kier alpha value is -3.62. The molecule has 384 valence electrons. The van der Waals surface area contributed by atoms with E-state index in [1.165, 1.54) is 178 Å². The number of thiophene rings is 2. The number of carbonyl (C=O) groups excluding carboxylic acids is 2. The fourth-order valence-electron chi connectivity index (χ4n) is 10.9. The summed E-state index contributed by atoms with van der Waals surface area (Å²) in [4.78, 5) is 50.5.